The van der Waals surface area contributed by atoms with Crippen molar-refractivity contribution in [2.45, 2.75) is 5.41 Å². The zero-order chi connectivity index (χ0) is 39.3. The summed E-state index contributed by atoms with van der Waals surface area (Å²) in [7, 11) is 0. The number of rotatable bonds is 5. The summed E-state index contributed by atoms with van der Waals surface area (Å²) in [5.41, 5.74) is 18.2. The van der Waals surface area contributed by atoms with E-state index in [0.29, 0.717) is 5.49 Å². The number of nitrogens with one attached hydrogen (secondary N) is 2. The van der Waals surface area contributed by atoms with Crippen molar-refractivity contribution in [1.82, 2.24) is 4.98 Å². The van der Waals surface area contributed by atoms with Gasteiger partial charge in [0.2, 0.25) is 0 Å². The molecule has 4 heteroatoms. The van der Waals surface area contributed by atoms with Gasteiger partial charge >= 0.3 is 0 Å². The molecule has 9 aromatic rings. The van der Waals surface area contributed by atoms with Gasteiger partial charge in [-0.25, -0.2) is 4.99 Å². The smallest absolute Gasteiger partial charge is 0.154 e. The van der Waals surface area contributed by atoms with Crippen molar-refractivity contribution < 1.29 is 0 Å². The molecular weight excluding hydrogens is 717 g/mol. The fraction of sp³-hybridized carbons (Fsp3) is 0.0182. The molecule has 2 aliphatic rings. The molecule has 0 unspecified atom stereocenters. The Kier molecular flexibility index (Phi) is 8.16. The number of pyridine rings is 1. The Labute approximate surface area is 343 Å². The van der Waals surface area contributed by atoms with Crippen molar-refractivity contribution >= 4 is 22.9 Å². The minimum Gasteiger partial charge on any atom is -0.345 e. The summed E-state index contributed by atoms with van der Waals surface area (Å²) in [6.45, 7) is 0. The van der Waals surface area contributed by atoms with Crippen LogP contribution in [0.25, 0.3) is 44.5 Å². The third kappa shape index (κ3) is 5.53. The molecule has 8 aromatic carbocycles. The van der Waals surface area contributed by atoms with Crippen LogP contribution in [0.15, 0.2) is 224 Å². The van der Waals surface area contributed by atoms with E-state index in [-0.39, 0.29) is 5.84 Å². The van der Waals surface area contributed by atoms with Crippen LogP contribution in [-0.4, -0.2) is 10.8 Å². The number of nitrogens with zero attached hydrogens (tertiary/aromatic N) is 2. The highest BCUT2D eigenvalue weighted by Gasteiger charge is 2.51. The first kappa shape index (κ1) is 34.4. The molecule has 2 heterocycles. The molecule has 0 radical (unpaired) electrons. The molecule has 2 N–H and O–H groups in total. The number of amidine groups is 1. The number of hydrogen-bond donors (Lipinski definition) is 2. The summed E-state index contributed by atoms with van der Waals surface area (Å²) in [4.78, 5) is 10.8. The molecule has 4 nitrogen and oxygen atoms in total. The maximum absolute atomic E-state index is 9.28. The Hall–Kier alpha value is -7.82. The highest BCUT2D eigenvalue weighted by atomic mass is 15.2. The van der Waals surface area contributed by atoms with Crippen LogP contribution in [0.2, 0.25) is 0 Å². The van der Waals surface area contributed by atoms with E-state index in [1.165, 1.54) is 44.8 Å². The maximum Gasteiger partial charge on any atom is 0.154 e. The van der Waals surface area contributed by atoms with E-state index in [9.17, 15) is 5.41 Å². The summed E-state index contributed by atoms with van der Waals surface area (Å²) in [6, 6.07) is 75.3. The van der Waals surface area contributed by atoms with Gasteiger partial charge in [0, 0.05) is 23.0 Å². The topological polar surface area (TPSA) is 55.2 Å². The summed E-state index contributed by atoms with van der Waals surface area (Å²) in [5.74, 6) is 0.191. The number of para-hydroxylation sites is 3. The quantitative estimate of drug-likeness (QED) is 0.133. The number of H-pyrrole nitrogens is 1. The van der Waals surface area contributed by atoms with E-state index in [0.717, 1.165) is 44.6 Å². The lowest BCUT2D eigenvalue weighted by Gasteiger charge is -2.45. The number of aromatic nitrogens is 1. The van der Waals surface area contributed by atoms with Crippen LogP contribution in [0.4, 0.5) is 17.1 Å². The van der Waals surface area contributed by atoms with E-state index < -0.39 is 5.41 Å². The van der Waals surface area contributed by atoms with Gasteiger partial charge in [0.25, 0.3) is 0 Å². The number of hydrogen-bond acceptors (Lipinski definition) is 2. The van der Waals surface area contributed by atoms with Crippen molar-refractivity contribution in [3.63, 3.8) is 0 Å². The second kappa shape index (κ2) is 14.0. The van der Waals surface area contributed by atoms with Gasteiger partial charge in [-0.05, 0) is 104 Å². The summed E-state index contributed by atoms with van der Waals surface area (Å²) >= 11 is 0. The van der Waals surface area contributed by atoms with E-state index in [4.69, 9.17) is 4.99 Å². The predicted octanol–water partition coefficient (Wildman–Crippen LogP) is 13.1. The second-order valence-corrected chi connectivity index (χ2v) is 15.2. The number of aromatic amines is 1. The standard InChI is InChI=1S/C55H38N4/c56-53(58-54-45(38-19-6-2-7-20-38)35-42(36-57-54)37-17-4-1-5-18-37)41-22-16-21-39(33-41)40-31-32-48-46(34-40)44-25-10-11-26-47(44)55(48)49-27-12-14-29-51(49)59(43-23-8-3-9-24-43)52-30-15-13-28-50(52)55/h1-36H,(H2,56,57,58). The normalized spacial score (nSPS) is 13.4. The molecule has 1 aliphatic heterocycles. The predicted molar refractivity (Wildman–Crippen MR) is 241 cm³/mol. The Morgan fingerprint density at radius 1 is 0.424 bits per heavy atom. The fourth-order valence-electron chi connectivity index (χ4n) is 9.38. The summed E-state index contributed by atoms with van der Waals surface area (Å²) in [6.07, 6.45) is 1.97. The van der Waals surface area contributed by atoms with E-state index in [2.05, 4.69) is 174 Å². The lowest BCUT2D eigenvalue weighted by atomic mass is 9.64. The largest absolute Gasteiger partial charge is 0.345 e. The molecule has 1 aromatic heterocycles. The highest BCUT2D eigenvalue weighted by molar-refractivity contribution is 5.99. The maximum atomic E-state index is 9.28. The van der Waals surface area contributed by atoms with Crippen LogP contribution in [0.3, 0.4) is 0 Å². The van der Waals surface area contributed by atoms with Crippen molar-refractivity contribution in [3.8, 4) is 44.5 Å². The average Bonchev–Trinajstić information content (AvgIpc) is 3.60. The molecule has 0 amide bonds. The van der Waals surface area contributed by atoms with Gasteiger partial charge in [-0.1, -0.05) is 170 Å². The van der Waals surface area contributed by atoms with Crippen molar-refractivity contribution in [2.75, 3.05) is 4.90 Å². The van der Waals surface area contributed by atoms with E-state index in [1.54, 1.807) is 0 Å². The van der Waals surface area contributed by atoms with Gasteiger partial charge in [0.05, 0.1) is 16.8 Å². The summed E-state index contributed by atoms with van der Waals surface area (Å²) < 4.78 is 0. The molecule has 278 valence electrons. The lowest BCUT2D eigenvalue weighted by molar-refractivity contribution is 0.753. The number of anilines is 3. The lowest BCUT2D eigenvalue weighted by Crippen LogP contribution is -2.36. The van der Waals surface area contributed by atoms with Crippen LogP contribution >= 0.6 is 0 Å². The van der Waals surface area contributed by atoms with Gasteiger partial charge in [0.15, 0.2) is 5.84 Å². The monoisotopic (exact) mass is 754 g/mol. The third-order valence-electron chi connectivity index (χ3n) is 12.0. The molecule has 1 spiro atoms. The van der Waals surface area contributed by atoms with Crippen LogP contribution in [-0.2, 0) is 5.41 Å². The SMILES string of the molecule is N=C(N=c1[nH]cc(-c2ccccc2)cc1-c1ccccc1)c1cccc(-c2ccc3c(c2)-c2ccccc2C32c3ccccc3N(c3ccccc3)c3ccccc32)c1. The first-order chi connectivity index (χ1) is 29.2. The zero-order valence-corrected chi connectivity index (χ0v) is 32.2. The molecule has 0 bridgehead atoms. The van der Waals surface area contributed by atoms with Gasteiger partial charge in [-0.15, -0.1) is 0 Å². The Morgan fingerprint density at radius 3 is 1.68 bits per heavy atom. The first-order valence-corrected chi connectivity index (χ1v) is 20.0. The van der Waals surface area contributed by atoms with Crippen molar-refractivity contribution in [2.24, 2.45) is 4.99 Å². The molecule has 0 atom stereocenters. The molecule has 1 aliphatic carbocycles. The highest BCUT2D eigenvalue weighted by Crippen LogP contribution is 2.63. The van der Waals surface area contributed by atoms with Gasteiger partial charge < -0.3 is 9.88 Å². The first-order valence-electron chi connectivity index (χ1n) is 20.0. The minimum atomic E-state index is -0.505. The van der Waals surface area contributed by atoms with Gasteiger partial charge in [-0.3, -0.25) is 5.41 Å². The number of fused-ring (bicyclic) bond motifs is 9. The van der Waals surface area contributed by atoms with E-state index >= 15 is 0 Å². The van der Waals surface area contributed by atoms with Crippen LogP contribution in [0.1, 0.15) is 27.8 Å². The Balaban J connectivity index is 1.03. The van der Waals surface area contributed by atoms with Crippen molar-refractivity contribution in [1.29, 1.82) is 5.41 Å². The van der Waals surface area contributed by atoms with Gasteiger partial charge in [0.1, 0.15) is 5.49 Å². The third-order valence-corrected chi connectivity index (χ3v) is 12.0. The molecule has 11 rings (SSSR count). The van der Waals surface area contributed by atoms with Crippen LogP contribution in [0.5, 0.6) is 0 Å². The van der Waals surface area contributed by atoms with Crippen molar-refractivity contribution in [3.05, 3.63) is 252 Å². The van der Waals surface area contributed by atoms with Crippen LogP contribution in [0, 0.1) is 5.41 Å². The molecule has 0 fully saturated rings. The molecule has 0 saturated carbocycles. The molecule has 59 heavy (non-hydrogen) atoms. The average molecular weight is 755 g/mol. The fourth-order valence-corrected chi connectivity index (χ4v) is 9.38. The Morgan fingerprint density at radius 2 is 0.966 bits per heavy atom. The van der Waals surface area contributed by atoms with E-state index in [1.807, 2.05) is 54.7 Å². The van der Waals surface area contributed by atoms with Gasteiger partial charge in [-0.2, -0.15) is 0 Å². The minimum absolute atomic E-state index is 0.191. The number of benzene rings is 8. The zero-order valence-electron chi connectivity index (χ0n) is 32.2. The van der Waals surface area contributed by atoms with Crippen LogP contribution < -0.4 is 10.4 Å². The molecular formula is C55H38N4. The summed E-state index contributed by atoms with van der Waals surface area (Å²) in [5, 5.41) is 9.28. The molecule has 0 saturated heterocycles. The Bertz CT molecular complexity index is 3080. The second-order valence-electron chi connectivity index (χ2n) is 15.2.